The third kappa shape index (κ3) is 4.03. The molecule has 0 radical (unpaired) electrons. The molecule has 2 aromatic heterocycles. The standard InChI is InChI=1S/C30H33N3O2/c1-20-6-9-24(26(18-20)33-16-4-3-5-17-33)28(27-11-7-21(2)35-27)32-29(34)30(13-14-30)23-8-10-25-22(19-23)12-15-31-25/h6-12,15,18-19,28,31H,3-5,13-14,16-17H2,1-2H3,(H,32,34). The molecular formula is C30H33N3O2. The predicted molar refractivity (Wildman–Crippen MR) is 140 cm³/mol. The van der Waals surface area contributed by atoms with E-state index in [2.05, 4.69) is 64.6 Å². The molecule has 5 heteroatoms. The van der Waals surface area contributed by atoms with Crippen molar-refractivity contribution in [1.82, 2.24) is 10.3 Å². The van der Waals surface area contributed by atoms with E-state index < -0.39 is 5.41 Å². The van der Waals surface area contributed by atoms with Crippen molar-refractivity contribution in [2.45, 2.75) is 57.4 Å². The fourth-order valence-electron chi connectivity index (χ4n) is 5.61. The van der Waals surface area contributed by atoms with Crippen molar-refractivity contribution in [2.75, 3.05) is 18.0 Å². The van der Waals surface area contributed by atoms with Gasteiger partial charge < -0.3 is 19.6 Å². The van der Waals surface area contributed by atoms with Crippen molar-refractivity contribution in [3.63, 3.8) is 0 Å². The lowest BCUT2D eigenvalue weighted by atomic mass is 9.92. The number of anilines is 1. The molecule has 6 rings (SSSR count). The molecule has 35 heavy (non-hydrogen) atoms. The minimum Gasteiger partial charge on any atom is -0.464 e. The summed E-state index contributed by atoms with van der Waals surface area (Å²) in [4.78, 5) is 19.7. The maximum Gasteiger partial charge on any atom is 0.231 e. The zero-order valence-corrected chi connectivity index (χ0v) is 20.6. The molecule has 2 aliphatic rings. The van der Waals surface area contributed by atoms with Gasteiger partial charge in [-0.2, -0.15) is 0 Å². The SMILES string of the molecule is Cc1ccc(C(NC(=O)C2(c3ccc4[nH]ccc4c3)CC2)c2ccc(C)o2)c(N2CCCCC2)c1. The van der Waals surface area contributed by atoms with Gasteiger partial charge in [0.1, 0.15) is 17.6 Å². The number of hydrogen-bond donors (Lipinski definition) is 2. The number of nitrogens with one attached hydrogen (secondary N) is 2. The number of carbonyl (C=O) groups is 1. The maximum absolute atomic E-state index is 13.9. The molecule has 1 unspecified atom stereocenters. The van der Waals surface area contributed by atoms with E-state index in [4.69, 9.17) is 4.42 Å². The second-order valence-corrected chi connectivity index (χ2v) is 10.3. The van der Waals surface area contributed by atoms with Crippen LogP contribution in [0.3, 0.4) is 0 Å². The van der Waals surface area contributed by atoms with Crippen molar-refractivity contribution in [3.8, 4) is 0 Å². The first-order valence-electron chi connectivity index (χ1n) is 12.8. The van der Waals surface area contributed by atoms with E-state index in [1.807, 2.05) is 25.3 Å². The van der Waals surface area contributed by atoms with E-state index in [9.17, 15) is 4.79 Å². The highest BCUT2D eigenvalue weighted by atomic mass is 16.3. The van der Waals surface area contributed by atoms with Crippen LogP contribution in [-0.4, -0.2) is 24.0 Å². The second kappa shape index (κ2) is 8.63. The van der Waals surface area contributed by atoms with Gasteiger partial charge in [0.05, 0.1) is 5.41 Å². The smallest absolute Gasteiger partial charge is 0.231 e. The number of carbonyl (C=O) groups excluding carboxylic acids is 1. The minimum absolute atomic E-state index is 0.0802. The Hall–Kier alpha value is -3.47. The molecule has 1 atom stereocenters. The van der Waals surface area contributed by atoms with Crippen LogP contribution in [0, 0.1) is 13.8 Å². The molecular weight excluding hydrogens is 434 g/mol. The summed E-state index contributed by atoms with van der Waals surface area (Å²) < 4.78 is 6.12. The highest BCUT2D eigenvalue weighted by molar-refractivity contribution is 5.93. The Kier molecular flexibility index (Phi) is 5.43. The monoisotopic (exact) mass is 467 g/mol. The number of H-pyrrole nitrogens is 1. The lowest BCUT2D eigenvalue weighted by molar-refractivity contribution is -0.124. The number of rotatable bonds is 6. The van der Waals surface area contributed by atoms with Gasteiger partial charge >= 0.3 is 0 Å². The molecule has 2 aromatic carbocycles. The van der Waals surface area contributed by atoms with Crippen LogP contribution in [0.25, 0.3) is 10.9 Å². The van der Waals surface area contributed by atoms with Crippen molar-refractivity contribution >= 4 is 22.5 Å². The number of fused-ring (bicyclic) bond motifs is 1. The number of aryl methyl sites for hydroxylation is 2. The average Bonchev–Trinajstić information content (AvgIpc) is 3.36. The van der Waals surface area contributed by atoms with E-state index in [0.717, 1.165) is 59.5 Å². The van der Waals surface area contributed by atoms with Crippen LogP contribution in [-0.2, 0) is 10.2 Å². The fraction of sp³-hybridized carbons (Fsp3) is 0.367. The van der Waals surface area contributed by atoms with Gasteiger partial charge in [0.25, 0.3) is 0 Å². The summed E-state index contributed by atoms with van der Waals surface area (Å²) in [6.07, 6.45) is 7.37. The first-order valence-corrected chi connectivity index (χ1v) is 12.8. The number of nitrogens with zero attached hydrogens (tertiary/aromatic N) is 1. The minimum atomic E-state index is -0.471. The van der Waals surface area contributed by atoms with Crippen molar-refractivity contribution in [3.05, 3.63) is 89.0 Å². The molecule has 2 fully saturated rings. The molecule has 0 bridgehead atoms. The molecule has 3 heterocycles. The molecule has 1 aliphatic carbocycles. The highest BCUT2D eigenvalue weighted by Crippen LogP contribution is 2.49. The lowest BCUT2D eigenvalue weighted by Gasteiger charge is -2.33. The molecule has 1 saturated heterocycles. The van der Waals surface area contributed by atoms with Crippen LogP contribution in [0.4, 0.5) is 5.69 Å². The van der Waals surface area contributed by atoms with Crippen LogP contribution in [0.5, 0.6) is 0 Å². The van der Waals surface area contributed by atoms with Gasteiger partial charge in [0.15, 0.2) is 0 Å². The number of piperidine rings is 1. The van der Waals surface area contributed by atoms with E-state index >= 15 is 0 Å². The highest BCUT2D eigenvalue weighted by Gasteiger charge is 2.52. The summed E-state index contributed by atoms with van der Waals surface area (Å²) in [5.74, 6) is 1.72. The topological polar surface area (TPSA) is 61.3 Å². The molecule has 1 saturated carbocycles. The third-order valence-corrected chi connectivity index (χ3v) is 7.81. The Labute approximate surface area is 206 Å². The first-order chi connectivity index (χ1) is 17.0. The van der Waals surface area contributed by atoms with Gasteiger partial charge in [-0.25, -0.2) is 0 Å². The van der Waals surface area contributed by atoms with Crippen molar-refractivity contribution in [1.29, 1.82) is 0 Å². The molecule has 1 aliphatic heterocycles. The number of hydrogen-bond acceptors (Lipinski definition) is 3. The molecule has 0 spiro atoms. The summed E-state index contributed by atoms with van der Waals surface area (Å²) in [6, 6.07) is 18.7. The van der Waals surface area contributed by atoms with Crippen LogP contribution in [0.15, 0.2) is 65.2 Å². The van der Waals surface area contributed by atoms with E-state index in [1.165, 1.54) is 30.5 Å². The Bertz CT molecular complexity index is 1370. The second-order valence-electron chi connectivity index (χ2n) is 10.3. The Balaban J connectivity index is 1.37. The molecule has 2 N–H and O–H groups in total. The van der Waals surface area contributed by atoms with Gasteiger partial charge in [-0.1, -0.05) is 18.2 Å². The molecule has 4 aromatic rings. The van der Waals surface area contributed by atoms with Gasteiger partial charge in [0.2, 0.25) is 5.91 Å². The third-order valence-electron chi connectivity index (χ3n) is 7.81. The van der Waals surface area contributed by atoms with Gasteiger partial charge in [-0.3, -0.25) is 4.79 Å². The molecule has 1 amide bonds. The van der Waals surface area contributed by atoms with E-state index in [-0.39, 0.29) is 11.9 Å². The van der Waals surface area contributed by atoms with Crippen molar-refractivity contribution < 1.29 is 9.21 Å². The van der Waals surface area contributed by atoms with Crippen LogP contribution < -0.4 is 10.2 Å². The Morgan fingerprint density at radius 2 is 1.83 bits per heavy atom. The Morgan fingerprint density at radius 1 is 1.00 bits per heavy atom. The van der Waals surface area contributed by atoms with Crippen LogP contribution in [0.2, 0.25) is 0 Å². The number of benzene rings is 2. The summed E-state index contributed by atoms with van der Waals surface area (Å²) in [7, 11) is 0. The zero-order chi connectivity index (χ0) is 24.0. The van der Waals surface area contributed by atoms with Gasteiger partial charge in [-0.15, -0.1) is 0 Å². The number of aromatic nitrogens is 1. The van der Waals surface area contributed by atoms with E-state index in [0.29, 0.717) is 0 Å². The molecule has 180 valence electrons. The van der Waals surface area contributed by atoms with Crippen molar-refractivity contribution in [2.24, 2.45) is 0 Å². The number of furan rings is 1. The summed E-state index contributed by atoms with van der Waals surface area (Å²) in [5.41, 5.74) is 5.27. The lowest BCUT2D eigenvalue weighted by Crippen LogP contribution is -2.39. The summed E-state index contributed by atoms with van der Waals surface area (Å²) in [5, 5.41) is 4.58. The summed E-state index contributed by atoms with van der Waals surface area (Å²) in [6.45, 7) is 6.19. The van der Waals surface area contributed by atoms with Gasteiger partial charge in [0, 0.05) is 36.1 Å². The largest absolute Gasteiger partial charge is 0.464 e. The number of amides is 1. The number of aromatic amines is 1. The predicted octanol–water partition coefficient (Wildman–Crippen LogP) is 6.31. The molecule has 5 nitrogen and oxygen atoms in total. The van der Waals surface area contributed by atoms with Crippen LogP contribution in [0.1, 0.15) is 66.4 Å². The zero-order valence-electron chi connectivity index (χ0n) is 20.6. The van der Waals surface area contributed by atoms with Gasteiger partial charge in [-0.05, 0) is 98.9 Å². The fourth-order valence-corrected chi connectivity index (χ4v) is 5.61. The quantitative estimate of drug-likeness (QED) is 0.350. The van der Waals surface area contributed by atoms with Crippen LogP contribution >= 0.6 is 0 Å². The average molecular weight is 468 g/mol. The maximum atomic E-state index is 13.9. The summed E-state index contributed by atoms with van der Waals surface area (Å²) >= 11 is 0. The normalized spacial score (nSPS) is 17.9. The Morgan fingerprint density at radius 3 is 2.57 bits per heavy atom. The first kappa shape index (κ1) is 22.0. The van der Waals surface area contributed by atoms with E-state index in [1.54, 1.807) is 0 Å².